The van der Waals surface area contributed by atoms with Crippen LogP contribution in [0.2, 0.25) is 25.7 Å². The van der Waals surface area contributed by atoms with Crippen molar-refractivity contribution in [2.45, 2.75) is 89.7 Å². The van der Waals surface area contributed by atoms with Crippen molar-refractivity contribution in [1.29, 1.82) is 0 Å². The number of likely N-dealkylation sites (tertiary alicyclic amines) is 1. The van der Waals surface area contributed by atoms with Crippen molar-refractivity contribution in [2.75, 3.05) is 26.3 Å². The highest BCUT2D eigenvalue weighted by atomic mass is 32.1. The van der Waals surface area contributed by atoms with Crippen LogP contribution in [0.1, 0.15) is 37.7 Å². The van der Waals surface area contributed by atoms with Crippen LogP contribution in [0, 0.1) is 0 Å². The number of hydrogen-bond acceptors (Lipinski definition) is 8. The zero-order valence-corrected chi connectivity index (χ0v) is 27.9. The molecule has 2 unspecified atom stereocenters. The first-order valence-corrected chi connectivity index (χ1v) is 20.6. The molecule has 11 heteroatoms. The second-order valence-electron chi connectivity index (χ2n) is 13.9. The average molecular weight is 634 g/mol. The molecule has 1 N–H and O–H groups in total. The maximum Gasteiger partial charge on any atom is 0.279 e. The fourth-order valence-corrected chi connectivity index (χ4v) is 8.67. The zero-order chi connectivity index (χ0) is 30.4. The molecule has 44 heavy (non-hydrogen) atoms. The van der Waals surface area contributed by atoms with Crippen molar-refractivity contribution in [3.05, 3.63) is 56.6 Å². The minimum absolute atomic E-state index is 0.0120. The predicted molar refractivity (Wildman–Crippen MR) is 180 cm³/mol. The summed E-state index contributed by atoms with van der Waals surface area (Å²) >= 11 is 1.43. The molecule has 7 rings (SSSR count). The van der Waals surface area contributed by atoms with Gasteiger partial charge in [-0.25, -0.2) is 4.98 Å². The Bertz CT molecular complexity index is 1800. The molecule has 0 saturated carbocycles. The van der Waals surface area contributed by atoms with Crippen molar-refractivity contribution in [2.24, 2.45) is 0 Å². The van der Waals surface area contributed by atoms with E-state index >= 15 is 0 Å². The summed E-state index contributed by atoms with van der Waals surface area (Å²) in [5.74, 6) is 0.701. The Balaban J connectivity index is 1.42. The molecule has 0 radical (unpaired) electrons. The highest BCUT2D eigenvalue weighted by molar-refractivity contribution is 7.14. The predicted octanol–water partition coefficient (Wildman–Crippen LogP) is 5.25. The lowest BCUT2D eigenvalue weighted by Gasteiger charge is -2.27. The summed E-state index contributed by atoms with van der Waals surface area (Å²) in [5, 5.41) is 4.34. The van der Waals surface area contributed by atoms with Crippen LogP contribution in [0.15, 0.2) is 39.9 Å². The quantitative estimate of drug-likeness (QED) is 0.220. The number of ether oxygens (including phenoxy) is 2. The molecule has 234 valence electrons. The summed E-state index contributed by atoms with van der Waals surface area (Å²) in [5.41, 5.74) is 3.31. The van der Waals surface area contributed by atoms with Gasteiger partial charge in [0.15, 0.2) is 0 Å². The number of rotatable bonds is 7. The summed E-state index contributed by atoms with van der Waals surface area (Å²) in [6.45, 7) is 11.8. The van der Waals surface area contributed by atoms with Crippen molar-refractivity contribution < 1.29 is 9.47 Å². The third kappa shape index (κ3) is 6.04. The molecule has 0 amide bonds. The van der Waals surface area contributed by atoms with Crippen LogP contribution in [-0.2, 0) is 24.6 Å². The third-order valence-electron chi connectivity index (χ3n) is 9.24. The van der Waals surface area contributed by atoms with Gasteiger partial charge in [-0.05, 0) is 68.6 Å². The molecule has 2 fully saturated rings. The van der Waals surface area contributed by atoms with Crippen molar-refractivity contribution in [3.8, 4) is 17.0 Å². The molecule has 0 aliphatic carbocycles. The Morgan fingerprint density at radius 2 is 1.89 bits per heavy atom. The molecular formula is C33H43N5O4SSi. The van der Waals surface area contributed by atoms with E-state index < -0.39 is 8.07 Å². The lowest BCUT2D eigenvalue weighted by molar-refractivity contribution is 0.0878. The van der Waals surface area contributed by atoms with E-state index in [4.69, 9.17) is 14.5 Å². The van der Waals surface area contributed by atoms with Gasteiger partial charge in [0.2, 0.25) is 0 Å². The van der Waals surface area contributed by atoms with Crippen LogP contribution in [0.5, 0.6) is 5.75 Å². The Morgan fingerprint density at radius 3 is 2.70 bits per heavy atom. The normalized spacial score (nSPS) is 20.9. The summed E-state index contributed by atoms with van der Waals surface area (Å²) < 4.78 is 17.2. The maximum absolute atomic E-state index is 14.4. The number of piperidine rings is 1. The van der Waals surface area contributed by atoms with Gasteiger partial charge in [0.05, 0.1) is 22.1 Å². The Hall–Kier alpha value is -2.83. The monoisotopic (exact) mass is 633 g/mol. The van der Waals surface area contributed by atoms with Gasteiger partial charge in [0.25, 0.3) is 11.1 Å². The van der Waals surface area contributed by atoms with E-state index in [1.807, 2.05) is 22.2 Å². The lowest BCUT2D eigenvalue weighted by Crippen LogP contribution is -2.37. The largest absolute Gasteiger partial charge is 0.490 e. The maximum atomic E-state index is 14.4. The van der Waals surface area contributed by atoms with E-state index in [1.165, 1.54) is 30.8 Å². The first-order valence-electron chi connectivity index (χ1n) is 16.1. The van der Waals surface area contributed by atoms with Crippen LogP contribution in [0.3, 0.4) is 0 Å². The molecular weight excluding hydrogens is 591 g/mol. The first kappa shape index (κ1) is 29.9. The smallest absolute Gasteiger partial charge is 0.279 e. The highest BCUT2D eigenvalue weighted by Crippen LogP contribution is 2.33. The fraction of sp³-hybridized carbons (Fsp3) is 0.545. The molecule has 9 nitrogen and oxygen atoms in total. The van der Waals surface area contributed by atoms with Crippen molar-refractivity contribution >= 4 is 40.7 Å². The molecule has 0 spiro atoms. The Kier molecular flexibility index (Phi) is 8.25. The average Bonchev–Trinajstić information content (AvgIpc) is 3.58. The Labute approximate surface area is 263 Å². The van der Waals surface area contributed by atoms with E-state index in [1.54, 1.807) is 4.57 Å². The number of fused-ring (bicyclic) bond motifs is 5. The van der Waals surface area contributed by atoms with E-state index in [0.29, 0.717) is 47.7 Å². The highest BCUT2D eigenvalue weighted by Gasteiger charge is 2.28. The number of benzene rings is 2. The number of nitrogens with one attached hydrogen (secondary N) is 1. The van der Waals surface area contributed by atoms with Gasteiger partial charge in [-0.3, -0.25) is 23.0 Å². The van der Waals surface area contributed by atoms with Gasteiger partial charge in [-0.2, -0.15) is 0 Å². The van der Waals surface area contributed by atoms with Gasteiger partial charge in [-0.15, -0.1) is 0 Å². The molecule has 3 aliphatic rings. The Morgan fingerprint density at radius 1 is 1.07 bits per heavy atom. The molecule has 2 atom stereocenters. The van der Waals surface area contributed by atoms with Crippen LogP contribution < -0.4 is 21.2 Å². The van der Waals surface area contributed by atoms with E-state index in [9.17, 15) is 9.59 Å². The van der Waals surface area contributed by atoms with Crippen LogP contribution >= 0.6 is 11.5 Å². The van der Waals surface area contributed by atoms with Gasteiger partial charge >= 0.3 is 0 Å². The van der Waals surface area contributed by atoms with Gasteiger partial charge in [0.1, 0.15) is 30.3 Å². The topological polar surface area (TPSA) is 90.6 Å². The molecule has 2 aromatic heterocycles. The standard InChI is InChI=1S/C33H43N5O4SSi/c1-44(2,3)15-14-41-21-37-27-16-22(18-36-12-5-4-6-13-36)17-28-30(27)35-29(33(37)40)25-8-7-9-26-31(25)43-38(32(26)39)19-23-10-11-24(34-23)20-42-28/h7-9,16-17,23-24,34H,4-6,10-15,18-21H2,1-3H3. The van der Waals surface area contributed by atoms with Crippen molar-refractivity contribution in [3.63, 3.8) is 0 Å². The summed E-state index contributed by atoms with van der Waals surface area (Å²) in [6.07, 6.45) is 5.67. The van der Waals surface area contributed by atoms with Gasteiger partial charge in [0, 0.05) is 38.9 Å². The first-order chi connectivity index (χ1) is 21.2. The van der Waals surface area contributed by atoms with Crippen LogP contribution in [0.4, 0.5) is 0 Å². The summed E-state index contributed by atoms with van der Waals surface area (Å²) in [6, 6.07) is 11.3. The molecule has 4 aromatic rings. The molecule has 3 aliphatic heterocycles. The van der Waals surface area contributed by atoms with Crippen molar-refractivity contribution in [1.82, 2.24) is 23.7 Å². The van der Waals surface area contributed by atoms with Crippen LogP contribution in [-0.4, -0.2) is 64.9 Å². The lowest BCUT2D eigenvalue weighted by atomic mass is 10.1. The number of aromatic nitrogens is 3. The van der Waals surface area contributed by atoms with Gasteiger partial charge in [-0.1, -0.05) is 49.7 Å². The summed E-state index contributed by atoms with van der Waals surface area (Å²) in [4.78, 5) is 35.5. The molecule has 5 heterocycles. The SMILES string of the molecule is C[Si](C)(C)CCOCn1c(=O)c2nc3c(cc(CN4CCCCC4)cc31)OCC1CCC(Cn3sc4c-2cccc4c3=O)N1. The minimum atomic E-state index is -1.31. The third-order valence-corrected chi connectivity index (χ3v) is 12.1. The second-order valence-corrected chi connectivity index (χ2v) is 20.6. The molecule has 2 saturated heterocycles. The molecule has 2 aromatic carbocycles. The van der Waals surface area contributed by atoms with E-state index in [2.05, 4.69) is 42.0 Å². The fourth-order valence-electron chi connectivity index (χ4n) is 6.74. The van der Waals surface area contributed by atoms with Crippen LogP contribution in [0.25, 0.3) is 32.4 Å². The van der Waals surface area contributed by atoms with E-state index in [-0.39, 0.29) is 29.9 Å². The summed E-state index contributed by atoms with van der Waals surface area (Å²) in [7, 11) is -1.31. The second kappa shape index (κ2) is 12.2. The zero-order valence-electron chi connectivity index (χ0n) is 26.1. The minimum Gasteiger partial charge on any atom is -0.490 e. The van der Waals surface area contributed by atoms with Gasteiger partial charge < -0.3 is 14.8 Å². The molecule has 6 bridgehead atoms. The van der Waals surface area contributed by atoms with E-state index in [0.717, 1.165) is 54.3 Å². The number of hydrogen-bond donors (Lipinski definition) is 1. The number of nitrogens with zero attached hydrogens (tertiary/aromatic N) is 4.